The van der Waals surface area contributed by atoms with Gasteiger partial charge in [-0.15, -0.1) is 0 Å². The second kappa shape index (κ2) is 16.6. The lowest BCUT2D eigenvalue weighted by Gasteiger charge is -2.27. The number of rotatable bonds is 7. The van der Waals surface area contributed by atoms with Crippen LogP contribution in [-0.4, -0.2) is 38.6 Å². The van der Waals surface area contributed by atoms with Gasteiger partial charge in [0.25, 0.3) is 0 Å². The molecule has 340 valence electrons. The molecule has 0 amide bonds. The van der Waals surface area contributed by atoms with Gasteiger partial charge in [0.05, 0.1) is 5.69 Å². The van der Waals surface area contributed by atoms with Crippen molar-refractivity contribution in [3.05, 3.63) is 241 Å². The topological polar surface area (TPSA) is 79.2 Å². The molecule has 7 aromatic carbocycles. The van der Waals surface area contributed by atoms with E-state index in [2.05, 4.69) is 210 Å². The Hall–Kier alpha value is -9.53. The first-order chi connectivity index (χ1) is 35.6. The fourth-order valence-electron chi connectivity index (χ4n) is 11.6. The molecule has 0 aliphatic heterocycles. The maximum atomic E-state index is 5.44. The molecule has 0 atom stereocenters. The summed E-state index contributed by atoms with van der Waals surface area (Å²) in [5, 5.41) is 1.13. The Kier molecular flexibility index (Phi) is 9.54. The lowest BCUT2D eigenvalue weighted by Crippen LogP contribution is -2.06. The Morgan fingerprint density at radius 3 is 1.22 bits per heavy atom. The van der Waals surface area contributed by atoms with E-state index in [1.165, 1.54) is 33.4 Å². The minimum absolute atomic E-state index is 0.654. The number of hydrogen-bond acceptors (Lipinski definition) is 5. The lowest BCUT2D eigenvalue weighted by atomic mass is 9.77. The van der Waals surface area contributed by atoms with Gasteiger partial charge in [-0.3, -0.25) is 13.7 Å². The summed E-state index contributed by atoms with van der Waals surface area (Å²) in [4.78, 5) is 25.8. The smallest absolute Gasteiger partial charge is 0.164 e. The number of benzene rings is 7. The highest BCUT2D eigenvalue weighted by molar-refractivity contribution is 6.05. The third-order valence-corrected chi connectivity index (χ3v) is 14.5. The van der Waals surface area contributed by atoms with Crippen LogP contribution in [0.25, 0.3) is 118 Å². The van der Waals surface area contributed by atoms with Crippen molar-refractivity contribution in [3.63, 3.8) is 0 Å². The highest BCUT2D eigenvalue weighted by Crippen LogP contribution is 2.54. The molecule has 14 rings (SSSR count). The second-order valence-corrected chi connectivity index (χ2v) is 18.4. The highest BCUT2D eigenvalue weighted by Gasteiger charge is 2.34. The van der Waals surface area contributed by atoms with Crippen molar-refractivity contribution >= 4 is 33.4 Å². The number of nitrogens with zero attached hydrogens (tertiary/aromatic N) is 8. The fourth-order valence-corrected chi connectivity index (χ4v) is 11.6. The van der Waals surface area contributed by atoms with Crippen LogP contribution in [0.15, 0.2) is 219 Å². The molecule has 0 saturated heterocycles. The highest BCUT2D eigenvalue weighted by atomic mass is 15.1. The van der Waals surface area contributed by atoms with Gasteiger partial charge in [0, 0.05) is 64.2 Å². The Bertz CT molecular complexity index is 4260. The third kappa shape index (κ3) is 6.28. The van der Waals surface area contributed by atoms with E-state index in [0.29, 0.717) is 6.42 Å². The van der Waals surface area contributed by atoms with Crippen molar-refractivity contribution in [1.82, 2.24) is 38.6 Å². The molecule has 0 spiro atoms. The van der Waals surface area contributed by atoms with E-state index >= 15 is 0 Å². The van der Waals surface area contributed by atoms with Crippen molar-refractivity contribution in [1.29, 1.82) is 0 Å². The van der Waals surface area contributed by atoms with Crippen LogP contribution in [0.3, 0.4) is 0 Å². The molecule has 0 bridgehead atoms. The van der Waals surface area contributed by atoms with Gasteiger partial charge in [-0.1, -0.05) is 127 Å². The standard InChI is InChI=1S/C64H44N8/c1-40-56(46-28-13-16-31-49(46)61-68-54-34-19-37-66-63(54)71(61)43-23-8-4-9-24-43)41(2)58(47-29-14-17-32-50(47)62-69-55-35-20-38-67-64(55)72(62)44-25-10-5-11-26-44)53-39-52-51-33-18-36-65-60(51)70(42-21-6-3-7-22-42)59(52)48-30-15-12-27-45(48)57(40)53/h3-38H,39H2,1-2H3. The zero-order valence-corrected chi connectivity index (χ0v) is 39.6. The summed E-state index contributed by atoms with van der Waals surface area (Å²) in [5.41, 5.74) is 23.3. The van der Waals surface area contributed by atoms with Crippen molar-refractivity contribution in [3.8, 4) is 84.5 Å². The molecule has 1 aliphatic carbocycles. The Morgan fingerprint density at radius 1 is 0.333 bits per heavy atom. The molecule has 0 radical (unpaired) electrons. The molecule has 0 N–H and O–H groups in total. The average Bonchev–Trinajstić information content (AvgIpc) is 4.09. The predicted octanol–water partition coefficient (Wildman–Crippen LogP) is 15.0. The van der Waals surface area contributed by atoms with Crippen molar-refractivity contribution in [2.24, 2.45) is 0 Å². The molecular formula is C64H44N8. The fraction of sp³-hybridized carbons (Fsp3) is 0.0469. The summed E-state index contributed by atoms with van der Waals surface area (Å²) in [6, 6.07) is 70.5. The average molecular weight is 925 g/mol. The lowest BCUT2D eigenvalue weighted by molar-refractivity contribution is 1.08. The van der Waals surface area contributed by atoms with E-state index in [1.54, 1.807) is 0 Å². The zero-order chi connectivity index (χ0) is 47.9. The van der Waals surface area contributed by atoms with Crippen LogP contribution in [0.5, 0.6) is 0 Å². The van der Waals surface area contributed by atoms with Crippen LogP contribution in [0.2, 0.25) is 0 Å². The second-order valence-electron chi connectivity index (χ2n) is 18.4. The van der Waals surface area contributed by atoms with Gasteiger partial charge in [0.2, 0.25) is 0 Å². The molecule has 6 aromatic heterocycles. The molecule has 0 unspecified atom stereocenters. The van der Waals surface area contributed by atoms with Crippen molar-refractivity contribution in [2.75, 3.05) is 0 Å². The summed E-state index contributed by atoms with van der Waals surface area (Å²) in [5.74, 6) is 1.65. The maximum absolute atomic E-state index is 5.44. The van der Waals surface area contributed by atoms with E-state index in [0.717, 1.165) is 107 Å². The number of aromatic nitrogens is 8. The van der Waals surface area contributed by atoms with E-state index in [9.17, 15) is 0 Å². The van der Waals surface area contributed by atoms with Crippen LogP contribution >= 0.6 is 0 Å². The number of fused-ring (bicyclic) bond motifs is 9. The Labute approximate surface area is 415 Å². The number of para-hydroxylation sites is 3. The van der Waals surface area contributed by atoms with Crippen molar-refractivity contribution < 1.29 is 0 Å². The van der Waals surface area contributed by atoms with Crippen LogP contribution in [0, 0.1) is 13.8 Å². The summed E-state index contributed by atoms with van der Waals surface area (Å²) < 4.78 is 6.79. The number of hydrogen-bond donors (Lipinski definition) is 0. The van der Waals surface area contributed by atoms with E-state index < -0.39 is 0 Å². The van der Waals surface area contributed by atoms with Crippen LogP contribution in [0.4, 0.5) is 0 Å². The SMILES string of the molecule is Cc1c(-c2ccccc2-c2nc3cccnc3n2-c2ccccc2)c(C)c2c(c1-c1ccccc1-c1nc3cccnc3n1-c1ccccc1)Cc1c(n(-c3ccccc3)c3ncccc13)-c1ccccc1-2. The first-order valence-electron chi connectivity index (χ1n) is 24.4. The van der Waals surface area contributed by atoms with E-state index in [1.807, 2.05) is 36.8 Å². The monoisotopic (exact) mass is 924 g/mol. The Balaban J connectivity index is 1.12. The van der Waals surface area contributed by atoms with Crippen LogP contribution in [0.1, 0.15) is 22.3 Å². The van der Waals surface area contributed by atoms with Crippen molar-refractivity contribution in [2.45, 2.75) is 20.3 Å². The molecule has 8 heteroatoms. The normalized spacial score (nSPS) is 12.0. The summed E-state index contributed by atoms with van der Waals surface area (Å²) in [7, 11) is 0. The summed E-state index contributed by atoms with van der Waals surface area (Å²) in [6.45, 7) is 4.65. The van der Waals surface area contributed by atoms with Crippen LogP contribution in [-0.2, 0) is 6.42 Å². The first-order valence-corrected chi connectivity index (χ1v) is 24.4. The zero-order valence-electron chi connectivity index (χ0n) is 39.6. The van der Waals surface area contributed by atoms with E-state index in [-0.39, 0.29) is 0 Å². The molecule has 8 nitrogen and oxygen atoms in total. The van der Waals surface area contributed by atoms with Gasteiger partial charge < -0.3 is 0 Å². The quantitative estimate of drug-likeness (QED) is 0.159. The third-order valence-electron chi connectivity index (χ3n) is 14.5. The van der Waals surface area contributed by atoms with Gasteiger partial charge >= 0.3 is 0 Å². The Morgan fingerprint density at radius 2 is 0.722 bits per heavy atom. The molecule has 0 fully saturated rings. The van der Waals surface area contributed by atoms with E-state index in [4.69, 9.17) is 24.9 Å². The molecule has 1 aliphatic rings. The van der Waals surface area contributed by atoms with Gasteiger partial charge in [-0.25, -0.2) is 24.9 Å². The summed E-state index contributed by atoms with van der Waals surface area (Å²) >= 11 is 0. The van der Waals surface area contributed by atoms with Gasteiger partial charge in [-0.05, 0) is 142 Å². The molecule has 6 heterocycles. The first kappa shape index (κ1) is 41.4. The largest absolute Gasteiger partial charge is 0.294 e. The summed E-state index contributed by atoms with van der Waals surface area (Å²) in [6.07, 6.45) is 6.27. The minimum Gasteiger partial charge on any atom is -0.294 e. The molecule has 72 heavy (non-hydrogen) atoms. The molecular weight excluding hydrogens is 881 g/mol. The van der Waals surface area contributed by atoms with Gasteiger partial charge in [0.15, 0.2) is 11.3 Å². The minimum atomic E-state index is 0.654. The molecule has 0 saturated carbocycles. The van der Waals surface area contributed by atoms with Gasteiger partial charge in [-0.2, -0.15) is 0 Å². The van der Waals surface area contributed by atoms with Gasteiger partial charge in [0.1, 0.15) is 28.3 Å². The maximum Gasteiger partial charge on any atom is 0.164 e. The number of pyridine rings is 3. The number of imidazole rings is 2. The van der Waals surface area contributed by atoms with Crippen LogP contribution < -0.4 is 0 Å². The molecule has 13 aromatic rings. The predicted molar refractivity (Wildman–Crippen MR) is 291 cm³/mol.